The van der Waals surface area contributed by atoms with E-state index in [-0.39, 0.29) is 0 Å². The van der Waals surface area contributed by atoms with Gasteiger partial charge < -0.3 is 9.13 Å². The molecule has 0 amide bonds. The van der Waals surface area contributed by atoms with E-state index in [1.54, 1.807) is 0 Å². The predicted molar refractivity (Wildman–Crippen MR) is 132 cm³/mol. The van der Waals surface area contributed by atoms with Crippen LogP contribution in [0.15, 0.2) is 103 Å². The second-order valence-electron chi connectivity index (χ2n) is 8.28. The van der Waals surface area contributed by atoms with Gasteiger partial charge in [-0.2, -0.15) is 0 Å². The summed E-state index contributed by atoms with van der Waals surface area (Å²) in [4.78, 5) is 0. The van der Waals surface area contributed by atoms with Crippen LogP contribution in [-0.4, -0.2) is 9.13 Å². The average molecular weight is 396 g/mol. The molecule has 0 saturated carbocycles. The molecule has 0 saturated heterocycles. The van der Waals surface area contributed by atoms with Gasteiger partial charge >= 0.3 is 0 Å². The SMILES string of the molecule is Cn1c2ccc3c(c4ccccc4n3-c3ccccc3)c2c2ccc3ccccc3c21. The van der Waals surface area contributed by atoms with E-state index in [0.29, 0.717) is 0 Å². The van der Waals surface area contributed by atoms with Crippen LogP contribution in [0, 0.1) is 0 Å². The lowest BCUT2D eigenvalue weighted by Gasteiger charge is -2.07. The van der Waals surface area contributed by atoms with Gasteiger partial charge in [-0.05, 0) is 35.7 Å². The maximum Gasteiger partial charge on any atom is 0.0568 e. The maximum atomic E-state index is 2.39. The van der Waals surface area contributed by atoms with Gasteiger partial charge in [0.1, 0.15) is 0 Å². The van der Waals surface area contributed by atoms with Crippen LogP contribution in [0.4, 0.5) is 0 Å². The highest BCUT2D eigenvalue weighted by molar-refractivity contribution is 6.30. The number of benzene rings is 5. The molecule has 0 unspecified atom stereocenters. The van der Waals surface area contributed by atoms with Gasteiger partial charge in [0.05, 0.1) is 16.6 Å². The van der Waals surface area contributed by atoms with Crippen molar-refractivity contribution in [3.05, 3.63) is 103 Å². The predicted octanol–water partition coefficient (Wildman–Crippen LogP) is 7.58. The standard InChI is InChI=1S/C29H20N2/c1-30-25-17-18-26-27(28(25)23-16-15-19-9-5-6-12-21(19)29(23)30)22-13-7-8-14-24(22)31(26)20-10-3-2-4-11-20/h2-18H,1H3. The summed E-state index contributed by atoms with van der Waals surface area (Å²) < 4.78 is 4.76. The molecule has 7 rings (SSSR count). The quantitative estimate of drug-likeness (QED) is 0.271. The molecule has 0 bridgehead atoms. The van der Waals surface area contributed by atoms with Crippen molar-refractivity contribution in [2.45, 2.75) is 0 Å². The van der Waals surface area contributed by atoms with E-state index in [2.05, 4.69) is 119 Å². The smallest absolute Gasteiger partial charge is 0.0568 e. The number of hydrogen-bond acceptors (Lipinski definition) is 0. The van der Waals surface area contributed by atoms with Crippen LogP contribution in [0.5, 0.6) is 0 Å². The molecule has 2 aromatic heterocycles. The Morgan fingerprint density at radius 3 is 2.03 bits per heavy atom. The van der Waals surface area contributed by atoms with Crippen molar-refractivity contribution in [1.29, 1.82) is 0 Å². The average Bonchev–Trinajstić information content (AvgIpc) is 3.32. The first kappa shape index (κ1) is 16.7. The summed E-state index contributed by atoms with van der Waals surface area (Å²) in [6, 6.07) is 37.2. The Balaban J connectivity index is 1.77. The number of hydrogen-bond donors (Lipinski definition) is 0. The monoisotopic (exact) mass is 396 g/mol. The Morgan fingerprint density at radius 2 is 1.16 bits per heavy atom. The van der Waals surface area contributed by atoms with E-state index in [1.165, 1.54) is 60.1 Å². The topological polar surface area (TPSA) is 9.86 Å². The largest absolute Gasteiger partial charge is 0.343 e. The zero-order valence-corrected chi connectivity index (χ0v) is 17.2. The highest BCUT2D eigenvalue weighted by Crippen LogP contribution is 2.42. The number of fused-ring (bicyclic) bond motifs is 9. The number of nitrogens with zero attached hydrogens (tertiary/aromatic N) is 2. The first-order valence-corrected chi connectivity index (χ1v) is 10.7. The molecule has 2 nitrogen and oxygen atoms in total. The summed E-state index contributed by atoms with van der Waals surface area (Å²) in [5.41, 5.74) is 6.26. The molecule has 2 heteroatoms. The summed E-state index contributed by atoms with van der Waals surface area (Å²) in [5, 5.41) is 7.87. The van der Waals surface area contributed by atoms with E-state index >= 15 is 0 Å². The Kier molecular flexibility index (Phi) is 3.23. The fraction of sp³-hybridized carbons (Fsp3) is 0.0345. The molecule has 0 spiro atoms. The second-order valence-corrected chi connectivity index (χ2v) is 8.28. The van der Waals surface area contributed by atoms with Crippen molar-refractivity contribution in [3.63, 3.8) is 0 Å². The third kappa shape index (κ3) is 2.11. The van der Waals surface area contributed by atoms with Crippen molar-refractivity contribution in [1.82, 2.24) is 9.13 Å². The molecular weight excluding hydrogens is 376 g/mol. The lowest BCUT2D eigenvalue weighted by Crippen LogP contribution is -1.93. The maximum absolute atomic E-state index is 2.39. The van der Waals surface area contributed by atoms with Gasteiger partial charge in [0, 0.05) is 45.2 Å². The van der Waals surface area contributed by atoms with E-state index in [0.717, 1.165) is 0 Å². The zero-order valence-electron chi connectivity index (χ0n) is 17.2. The second kappa shape index (κ2) is 5.99. The van der Waals surface area contributed by atoms with Crippen molar-refractivity contribution >= 4 is 54.4 Å². The Bertz CT molecular complexity index is 1780. The molecule has 0 radical (unpaired) electrons. The molecule has 0 aliphatic rings. The van der Waals surface area contributed by atoms with E-state index in [9.17, 15) is 0 Å². The number of para-hydroxylation sites is 2. The zero-order chi connectivity index (χ0) is 20.5. The minimum atomic E-state index is 1.19. The van der Waals surface area contributed by atoms with Crippen LogP contribution in [0.2, 0.25) is 0 Å². The molecule has 0 N–H and O–H groups in total. The van der Waals surface area contributed by atoms with Crippen molar-refractivity contribution in [2.75, 3.05) is 0 Å². The van der Waals surface area contributed by atoms with Crippen LogP contribution in [-0.2, 0) is 7.05 Å². The third-order valence-corrected chi connectivity index (χ3v) is 6.70. The number of aromatic nitrogens is 2. The first-order valence-electron chi connectivity index (χ1n) is 10.7. The molecular formula is C29H20N2. The highest BCUT2D eigenvalue weighted by atomic mass is 15.0. The van der Waals surface area contributed by atoms with Crippen LogP contribution in [0.25, 0.3) is 60.1 Å². The van der Waals surface area contributed by atoms with Gasteiger partial charge in [0.25, 0.3) is 0 Å². The minimum absolute atomic E-state index is 1.19. The first-order chi connectivity index (χ1) is 15.3. The normalized spacial score (nSPS) is 12.0. The Morgan fingerprint density at radius 1 is 0.484 bits per heavy atom. The van der Waals surface area contributed by atoms with Crippen molar-refractivity contribution < 1.29 is 0 Å². The molecule has 0 fully saturated rings. The molecule has 5 aromatic carbocycles. The van der Waals surface area contributed by atoms with Gasteiger partial charge in [-0.15, -0.1) is 0 Å². The van der Waals surface area contributed by atoms with Crippen LogP contribution < -0.4 is 0 Å². The fourth-order valence-electron chi connectivity index (χ4n) is 5.40. The number of rotatable bonds is 1. The van der Waals surface area contributed by atoms with Crippen molar-refractivity contribution in [2.24, 2.45) is 7.05 Å². The lowest BCUT2D eigenvalue weighted by molar-refractivity contribution is 1.02. The molecule has 31 heavy (non-hydrogen) atoms. The van der Waals surface area contributed by atoms with Crippen LogP contribution in [0.1, 0.15) is 0 Å². The molecule has 0 aliphatic heterocycles. The molecule has 146 valence electrons. The summed E-state index contributed by atoms with van der Waals surface area (Å²) in [7, 11) is 2.19. The molecule has 2 heterocycles. The Labute approximate surface area is 179 Å². The van der Waals surface area contributed by atoms with Crippen LogP contribution in [0.3, 0.4) is 0 Å². The minimum Gasteiger partial charge on any atom is -0.343 e. The summed E-state index contributed by atoms with van der Waals surface area (Å²) >= 11 is 0. The summed E-state index contributed by atoms with van der Waals surface area (Å²) in [6.45, 7) is 0. The van der Waals surface area contributed by atoms with Crippen LogP contribution >= 0.6 is 0 Å². The molecule has 0 aliphatic carbocycles. The Hall–Kier alpha value is -4.04. The number of aryl methyl sites for hydroxylation is 1. The fourth-order valence-corrected chi connectivity index (χ4v) is 5.40. The van der Waals surface area contributed by atoms with Gasteiger partial charge in [-0.25, -0.2) is 0 Å². The summed E-state index contributed by atoms with van der Waals surface area (Å²) in [5.74, 6) is 0. The van der Waals surface area contributed by atoms with Gasteiger partial charge in [0.15, 0.2) is 0 Å². The summed E-state index contributed by atoms with van der Waals surface area (Å²) in [6.07, 6.45) is 0. The highest BCUT2D eigenvalue weighted by Gasteiger charge is 2.19. The van der Waals surface area contributed by atoms with Gasteiger partial charge in [0.2, 0.25) is 0 Å². The van der Waals surface area contributed by atoms with Gasteiger partial charge in [-0.3, -0.25) is 0 Å². The van der Waals surface area contributed by atoms with Crippen molar-refractivity contribution in [3.8, 4) is 5.69 Å². The van der Waals surface area contributed by atoms with E-state index < -0.39 is 0 Å². The van der Waals surface area contributed by atoms with E-state index in [1.807, 2.05) is 0 Å². The van der Waals surface area contributed by atoms with E-state index in [4.69, 9.17) is 0 Å². The third-order valence-electron chi connectivity index (χ3n) is 6.70. The molecule has 7 aromatic rings. The lowest BCUT2D eigenvalue weighted by atomic mass is 10.0. The molecule has 0 atom stereocenters. The van der Waals surface area contributed by atoms with Gasteiger partial charge in [-0.1, -0.05) is 72.8 Å².